The van der Waals surface area contributed by atoms with Crippen LogP contribution in [-0.4, -0.2) is 40.0 Å². The molecule has 0 radical (unpaired) electrons. The number of nitrogens with zero attached hydrogens (tertiary/aromatic N) is 4. The second-order valence-corrected chi connectivity index (χ2v) is 9.92. The number of rotatable bonds is 4. The van der Waals surface area contributed by atoms with Gasteiger partial charge in [-0.25, -0.2) is 14.0 Å². The summed E-state index contributed by atoms with van der Waals surface area (Å²) in [7, 11) is 1.61. The molecule has 35 heavy (non-hydrogen) atoms. The largest absolute Gasteiger partial charge is 0.444 e. The van der Waals surface area contributed by atoms with Crippen LogP contribution in [0, 0.1) is 17.1 Å². The Morgan fingerprint density at radius 1 is 1.29 bits per heavy atom. The van der Waals surface area contributed by atoms with Gasteiger partial charge in [-0.1, -0.05) is 18.2 Å². The summed E-state index contributed by atoms with van der Waals surface area (Å²) >= 11 is 0. The summed E-state index contributed by atoms with van der Waals surface area (Å²) < 4.78 is 23.1. The van der Waals surface area contributed by atoms with Crippen molar-refractivity contribution in [2.24, 2.45) is 7.05 Å². The molecular formula is C26H30FN5O3. The number of piperidine rings is 1. The molecule has 1 amide bonds. The minimum atomic E-state index is -0.604. The van der Waals surface area contributed by atoms with Crippen molar-refractivity contribution in [1.29, 1.82) is 5.26 Å². The van der Waals surface area contributed by atoms with Crippen LogP contribution < -0.4 is 15.9 Å². The van der Waals surface area contributed by atoms with Crippen LogP contribution in [0.15, 0.2) is 41.2 Å². The number of aryl methyl sites for hydroxylation is 1. The number of aromatic nitrogens is 2. The molecule has 0 aliphatic carbocycles. The average molecular weight is 480 g/mol. The first-order chi connectivity index (χ1) is 16.6. The molecule has 2 heterocycles. The van der Waals surface area contributed by atoms with E-state index in [4.69, 9.17) is 4.74 Å². The number of halogens is 1. The third kappa shape index (κ3) is 5.16. The number of carbonyl (C=O) groups is 1. The number of hydrogen-bond donors (Lipinski definition) is 1. The topological polar surface area (TPSA) is 92.3 Å². The number of ether oxygens (including phenoxy) is 1. The van der Waals surface area contributed by atoms with Crippen molar-refractivity contribution < 1.29 is 13.9 Å². The molecule has 0 unspecified atom stereocenters. The third-order valence-corrected chi connectivity index (χ3v) is 6.13. The van der Waals surface area contributed by atoms with Crippen molar-refractivity contribution in [3.8, 4) is 6.07 Å². The van der Waals surface area contributed by atoms with E-state index in [0.717, 1.165) is 12.8 Å². The van der Waals surface area contributed by atoms with Crippen molar-refractivity contribution in [1.82, 2.24) is 14.5 Å². The van der Waals surface area contributed by atoms with Crippen LogP contribution in [0.3, 0.4) is 0 Å². The number of imidazole rings is 1. The van der Waals surface area contributed by atoms with Gasteiger partial charge in [0.2, 0.25) is 0 Å². The summed E-state index contributed by atoms with van der Waals surface area (Å²) in [4.78, 5) is 27.5. The van der Waals surface area contributed by atoms with Crippen LogP contribution in [0.4, 0.5) is 14.9 Å². The lowest BCUT2D eigenvalue weighted by Gasteiger charge is -2.35. The van der Waals surface area contributed by atoms with E-state index in [2.05, 4.69) is 11.4 Å². The first-order valence-electron chi connectivity index (χ1n) is 11.7. The number of benzene rings is 2. The zero-order valence-corrected chi connectivity index (χ0v) is 20.5. The Morgan fingerprint density at radius 3 is 2.74 bits per heavy atom. The van der Waals surface area contributed by atoms with Crippen molar-refractivity contribution in [2.45, 2.75) is 51.8 Å². The van der Waals surface area contributed by atoms with Gasteiger partial charge in [-0.2, -0.15) is 5.26 Å². The molecule has 8 nitrogen and oxygen atoms in total. The number of nitrogens with one attached hydrogen (secondary N) is 1. The van der Waals surface area contributed by atoms with E-state index < -0.39 is 17.5 Å². The SMILES string of the molecule is Cn1c(=O)n(Cc2ccccc2C#N)c2c(N3CCC[C@@H](NC(=O)OC(C)(C)C)C3)cc(F)cc21. The van der Waals surface area contributed by atoms with Gasteiger partial charge < -0.3 is 15.0 Å². The fourth-order valence-electron chi connectivity index (χ4n) is 4.60. The summed E-state index contributed by atoms with van der Waals surface area (Å²) in [5.74, 6) is -0.445. The molecule has 1 aliphatic heterocycles. The van der Waals surface area contributed by atoms with Gasteiger partial charge in [0.05, 0.1) is 34.9 Å². The van der Waals surface area contributed by atoms with Crippen LogP contribution in [0.1, 0.15) is 44.7 Å². The Kier molecular flexibility index (Phi) is 6.57. The number of alkyl carbamates (subject to hydrolysis) is 1. The molecule has 0 saturated carbocycles. The van der Waals surface area contributed by atoms with Crippen LogP contribution >= 0.6 is 0 Å². The Balaban J connectivity index is 1.72. The molecule has 2 aromatic carbocycles. The van der Waals surface area contributed by atoms with Crippen molar-refractivity contribution in [3.63, 3.8) is 0 Å². The predicted molar refractivity (Wildman–Crippen MR) is 132 cm³/mol. The minimum absolute atomic E-state index is 0.180. The van der Waals surface area contributed by atoms with Gasteiger partial charge in [0, 0.05) is 26.2 Å². The van der Waals surface area contributed by atoms with E-state index in [1.165, 1.54) is 16.7 Å². The Hall–Kier alpha value is -3.80. The molecule has 184 valence electrons. The molecule has 1 N–H and O–H groups in total. The monoisotopic (exact) mass is 479 g/mol. The van der Waals surface area contributed by atoms with Gasteiger partial charge in [0.15, 0.2) is 0 Å². The molecule has 1 aliphatic rings. The number of nitriles is 1. The molecule has 0 bridgehead atoms. The van der Waals surface area contributed by atoms with Gasteiger partial charge in [0.1, 0.15) is 11.4 Å². The lowest BCUT2D eigenvalue weighted by Crippen LogP contribution is -2.49. The highest BCUT2D eigenvalue weighted by Crippen LogP contribution is 2.31. The van der Waals surface area contributed by atoms with Crippen LogP contribution in [0.5, 0.6) is 0 Å². The van der Waals surface area contributed by atoms with Crippen LogP contribution in [0.2, 0.25) is 0 Å². The Bertz CT molecular complexity index is 1360. The smallest absolute Gasteiger partial charge is 0.407 e. The van der Waals surface area contributed by atoms with E-state index in [9.17, 15) is 19.2 Å². The second kappa shape index (κ2) is 9.45. The molecule has 1 atom stereocenters. The molecule has 1 aromatic heterocycles. The summed E-state index contributed by atoms with van der Waals surface area (Å²) in [5, 5.41) is 12.4. The van der Waals surface area contributed by atoms with E-state index in [1.807, 2.05) is 37.8 Å². The first-order valence-corrected chi connectivity index (χ1v) is 11.7. The zero-order valence-electron chi connectivity index (χ0n) is 20.5. The predicted octanol–water partition coefficient (Wildman–Crippen LogP) is 3.89. The second-order valence-electron chi connectivity index (χ2n) is 9.92. The molecule has 1 saturated heterocycles. The highest BCUT2D eigenvalue weighted by atomic mass is 19.1. The maximum Gasteiger partial charge on any atom is 0.407 e. The van der Waals surface area contributed by atoms with Gasteiger partial charge >= 0.3 is 11.8 Å². The van der Waals surface area contributed by atoms with E-state index in [0.29, 0.717) is 40.9 Å². The highest BCUT2D eigenvalue weighted by molar-refractivity contribution is 5.90. The fourth-order valence-corrected chi connectivity index (χ4v) is 4.60. The maximum atomic E-state index is 14.7. The summed E-state index contributed by atoms with van der Waals surface area (Å²) in [6.45, 7) is 6.72. The zero-order chi connectivity index (χ0) is 25.3. The third-order valence-electron chi connectivity index (χ3n) is 6.13. The molecule has 4 rings (SSSR count). The van der Waals surface area contributed by atoms with E-state index >= 15 is 0 Å². The minimum Gasteiger partial charge on any atom is -0.444 e. The number of fused-ring (bicyclic) bond motifs is 1. The summed E-state index contributed by atoms with van der Waals surface area (Å²) in [6, 6.07) is 11.9. The molecule has 9 heteroatoms. The number of hydrogen-bond acceptors (Lipinski definition) is 5. The van der Waals surface area contributed by atoms with E-state index in [-0.39, 0.29) is 18.3 Å². The van der Waals surface area contributed by atoms with E-state index in [1.54, 1.807) is 23.7 Å². The Morgan fingerprint density at radius 2 is 2.03 bits per heavy atom. The highest BCUT2D eigenvalue weighted by Gasteiger charge is 2.27. The molecular weight excluding hydrogens is 449 g/mol. The van der Waals surface area contributed by atoms with Crippen LogP contribution in [0.25, 0.3) is 11.0 Å². The average Bonchev–Trinajstić information content (AvgIpc) is 3.02. The van der Waals surface area contributed by atoms with Crippen molar-refractivity contribution >= 4 is 22.8 Å². The number of anilines is 1. The Labute approximate surface area is 203 Å². The maximum absolute atomic E-state index is 14.7. The normalized spacial score (nSPS) is 16.2. The number of amides is 1. The summed E-state index contributed by atoms with van der Waals surface area (Å²) in [6.07, 6.45) is 1.07. The van der Waals surface area contributed by atoms with Gasteiger partial charge in [-0.3, -0.25) is 9.13 Å². The van der Waals surface area contributed by atoms with Gasteiger partial charge in [-0.05, 0) is 57.4 Å². The van der Waals surface area contributed by atoms with Crippen molar-refractivity contribution in [2.75, 3.05) is 18.0 Å². The molecule has 3 aromatic rings. The van der Waals surface area contributed by atoms with Gasteiger partial charge in [0.25, 0.3) is 0 Å². The quantitative estimate of drug-likeness (QED) is 0.613. The van der Waals surface area contributed by atoms with Gasteiger partial charge in [-0.15, -0.1) is 0 Å². The lowest BCUT2D eigenvalue weighted by molar-refractivity contribution is 0.0500. The molecule has 1 fully saturated rings. The lowest BCUT2D eigenvalue weighted by atomic mass is 10.0. The summed E-state index contributed by atoms with van der Waals surface area (Å²) in [5.41, 5.74) is 1.96. The van der Waals surface area contributed by atoms with Crippen molar-refractivity contribution in [3.05, 3.63) is 63.8 Å². The number of carbonyl (C=O) groups excluding carboxylic acids is 1. The van der Waals surface area contributed by atoms with Crippen LogP contribution in [-0.2, 0) is 18.3 Å². The molecule has 0 spiro atoms. The first kappa shape index (κ1) is 24.3. The fraction of sp³-hybridized carbons (Fsp3) is 0.423. The standard InChI is InChI=1S/C26H30FN5O3/c1-26(2,3)35-24(33)29-20-10-7-11-31(16-20)22-13-19(27)12-21-23(22)32(25(34)30(21)4)15-18-9-6-5-8-17(18)14-28/h5-6,8-9,12-13,20H,7,10-11,15-16H2,1-4H3,(H,29,33)/t20-/m1/s1.